The number of aromatic nitrogens is 5. The van der Waals surface area contributed by atoms with Gasteiger partial charge in [0.1, 0.15) is 17.1 Å². The van der Waals surface area contributed by atoms with Gasteiger partial charge >= 0.3 is 0 Å². The Morgan fingerprint density at radius 2 is 2.13 bits per heavy atom. The second-order valence-electron chi connectivity index (χ2n) is 9.42. The highest BCUT2D eigenvalue weighted by Crippen LogP contribution is 2.62. The van der Waals surface area contributed by atoms with E-state index in [1.54, 1.807) is 13.3 Å². The quantitative estimate of drug-likeness (QED) is 0.655. The Bertz CT molecular complexity index is 1090. The van der Waals surface area contributed by atoms with E-state index in [1.165, 1.54) is 38.5 Å². The molecule has 1 atom stereocenters. The van der Waals surface area contributed by atoms with Crippen molar-refractivity contribution < 1.29 is 4.74 Å². The van der Waals surface area contributed by atoms with E-state index in [0.717, 1.165) is 48.0 Å². The van der Waals surface area contributed by atoms with Gasteiger partial charge in [-0.1, -0.05) is 6.42 Å². The lowest BCUT2D eigenvalue weighted by molar-refractivity contribution is 0.00648. The predicted octanol–water partition coefficient (Wildman–Crippen LogP) is 3.41. The molecule has 0 aromatic carbocycles. The number of fused-ring (bicyclic) bond motifs is 1. The molecule has 1 unspecified atom stereocenters. The third-order valence-electron chi connectivity index (χ3n) is 7.41. The summed E-state index contributed by atoms with van der Waals surface area (Å²) in [5.41, 5.74) is 4.11. The van der Waals surface area contributed by atoms with Gasteiger partial charge in [-0.2, -0.15) is 5.10 Å². The molecule has 2 aliphatic carbocycles. The van der Waals surface area contributed by atoms with Crippen LogP contribution in [0.4, 0.5) is 5.95 Å². The maximum Gasteiger partial charge on any atom is 0.223 e. The minimum atomic E-state index is 0.359. The Labute approximate surface area is 181 Å². The van der Waals surface area contributed by atoms with E-state index in [1.807, 2.05) is 22.8 Å². The van der Waals surface area contributed by atoms with Gasteiger partial charge in [-0.25, -0.2) is 19.5 Å². The summed E-state index contributed by atoms with van der Waals surface area (Å²) in [4.78, 5) is 13.8. The standard InChI is InChI=1S/C23H29N7O/c1-31-19-10-20-26-14-18(30(20)29-21(19)15-11-23(12-15)6-3-7-23)17-5-9-25-22(28-17)27-16-4-2-8-24-13-16/h5,9-10,14-16,24H,2-4,6-8,11-13H2,1H3,(H,25,27,28). The van der Waals surface area contributed by atoms with Gasteiger partial charge in [0.2, 0.25) is 5.95 Å². The molecule has 3 aromatic rings. The molecule has 2 N–H and O–H groups in total. The first kappa shape index (κ1) is 19.0. The molecule has 6 rings (SSSR count). The van der Waals surface area contributed by atoms with Crippen LogP contribution in [-0.2, 0) is 0 Å². The van der Waals surface area contributed by atoms with Crippen LogP contribution in [0.25, 0.3) is 17.0 Å². The zero-order valence-electron chi connectivity index (χ0n) is 18.0. The number of nitrogens with one attached hydrogen (secondary N) is 2. The minimum absolute atomic E-state index is 0.359. The van der Waals surface area contributed by atoms with Crippen LogP contribution in [-0.4, -0.2) is 50.8 Å². The van der Waals surface area contributed by atoms with Gasteiger partial charge in [-0.3, -0.25) is 0 Å². The van der Waals surface area contributed by atoms with Crippen molar-refractivity contribution in [3.05, 3.63) is 30.2 Å². The highest BCUT2D eigenvalue weighted by atomic mass is 16.5. The van der Waals surface area contributed by atoms with Gasteiger partial charge < -0.3 is 15.4 Å². The normalized spacial score (nSPS) is 22.8. The van der Waals surface area contributed by atoms with Crippen LogP contribution >= 0.6 is 0 Å². The summed E-state index contributed by atoms with van der Waals surface area (Å²) < 4.78 is 7.61. The zero-order valence-corrected chi connectivity index (χ0v) is 18.0. The van der Waals surface area contributed by atoms with Gasteiger partial charge in [-0.05, 0) is 56.6 Å². The van der Waals surface area contributed by atoms with E-state index in [0.29, 0.717) is 23.3 Å². The minimum Gasteiger partial charge on any atom is -0.495 e. The largest absolute Gasteiger partial charge is 0.495 e. The lowest BCUT2D eigenvalue weighted by Crippen LogP contribution is -2.41. The third-order valence-corrected chi connectivity index (χ3v) is 7.41. The summed E-state index contributed by atoms with van der Waals surface area (Å²) in [6, 6.07) is 4.29. The van der Waals surface area contributed by atoms with Crippen LogP contribution in [0.15, 0.2) is 24.5 Å². The molecule has 0 amide bonds. The smallest absolute Gasteiger partial charge is 0.223 e. The molecule has 3 fully saturated rings. The van der Waals surface area contributed by atoms with Crippen LogP contribution in [0.3, 0.4) is 0 Å². The molecule has 8 heteroatoms. The predicted molar refractivity (Wildman–Crippen MR) is 118 cm³/mol. The average molecular weight is 420 g/mol. The van der Waals surface area contributed by atoms with Crippen LogP contribution < -0.4 is 15.4 Å². The maximum atomic E-state index is 5.69. The molecule has 4 heterocycles. The zero-order chi connectivity index (χ0) is 20.8. The molecular weight excluding hydrogens is 390 g/mol. The van der Waals surface area contributed by atoms with Gasteiger partial charge in [0, 0.05) is 30.8 Å². The van der Waals surface area contributed by atoms with Gasteiger partial charge in [-0.15, -0.1) is 0 Å². The first-order valence-corrected chi connectivity index (χ1v) is 11.5. The molecule has 1 aliphatic heterocycles. The molecule has 1 saturated heterocycles. The molecule has 1 spiro atoms. The summed E-state index contributed by atoms with van der Waals surface area (Å²) in [6.45, 7) is 2.03. The highest BCUT2D eigenvalue weighted by Gasteiger charge is 2.49. The monoisotopic (exact) mass is 419 g/mol. The molecule has 31 heavy (non-hydrogen) atoms. The van der Waals surface area contributed by atoms with Crippen molar-refractivity contribution in [1.29, 1.82) is 0 Å². The molecule has 0 radical (unpaired) electrons. The summed E-state index contributed by atoms with van der Waals surface area (Å²) in [5.74, 6) is 1.97. The summed E-state index contributed by atoms with van der Waals surface area (Å²) in [7, 11) is 1.72. The molecule has 2 saturated carbocycles. The second kappa shape index (κ2) is 7.44. The van der Waals surface area contributed by atoms with E-state index >= 15 is 0 Å². The first-order chi connectivity index (χ1) is 15.2. The second-order valence-corrected chi connectivity index (χ2v) is 9.42. The van der Waals surface area contributed by atoms with Gasteiger partial charge in [0.25, 0.3) is 0 Å². The van der Waals surface area contributed by atoms with Crippen molar-refractivity contribution in [1.82, 2.24) is 29.9 Å². The number of rotatable bonds is 5. The Hall–Kier alpha value is -2.74. The van der Waals surface area contributed by atoms with E-state index in [-0.39, 0.29) is 0 Å². The lowest BCUT2D eigenvalue weighted by Gasteiger charge is -2.54. The number of nitrogens with zero attached hydrogens (tertiary/aromatic N) is 5. The summed E-state index contributed by atoms with van der Waals surface area (Å²) in [6.07, 6.45) is 12.5. The number of hydrogen-bond acceptors (Lipinski definition) is 7. The van der Waals surface area contributed by atoms with Crippen molar-refractivity contribution in [2.45, 2.75) is 56.9 Å². The number of ether oxygens (including phenoxy) is 1. The van der Waals surface area contributed by atoms with E-state index in [9.17, 15) is 0 Å². The van der Waals surface area contributed by atoms with Gasteiger partial charge in [0.15, 0.2) is 5.65 Å². The van der Waals surface area contributed by atoms with Crippen molar-refractivity contribution in [3.8, 4) is 17.1 Å². The fraction of sp³-hybridized carbons (Fsp3) is 0.565. The number of imidazole rings is 1. The Kier molecular flexibility index (Phi) is 4.56. The Balaban J connectivity index is 1.31. The molecular formula is C23H29N7O. The summed E-state index contributed by atoms with van der Waals surface area (Å²) >= 11 is 0. The molecule has 162 valence electrons. The first-order valence-electron chi connectivity index (χ1n) is 11.5. The Morgan fingerprint density at radius 3 is 2.87 bits per heavy atom. The fourth-order valence-electron chi connectivity index (χ4n) is 5.53. The number of anilines is 1. The van der Waals surface area contributed by atoms with Crippen LogP contribution in [0.1, 0.15) is 56.6 Å². The van der Waals surface area contributed by atoms with Crippen molar-refractivity contribution >= 4 is 11.6 Å². The number of methoxy groups -OCH3 is 1. The SMILES string of the molecule is COc1cc2ncc(-c3ccnc(NC4CCCNC4)n3)n2nc1C1CC2(CCC2)C1. The van der Waals surface area contributed by atoms with E-state index < -0.39 is 0 Å². The number of piperidine rings is 1. The van der Waals surface area contributed by atoms with Crippen molar-refractivity contribution in [3.63, 3.8) is 0 Å². The topological polar surface area (TPSA) is 89.3 Å². The number of hydrogen-bond donors (Lipinski definition) is 2. The van der Waals surface area contributed by atoms with Crippen LogP contribution in [0.2, 0.25) is 0 Å². The Morgan fingerprint density at radius 1 is 1.23 bits per heavy atom. The van der Waals surface area contributed by atoms with Gasteiger partial charge in [0.05, 0.1) is 19.0 Å². The van der Waals surface area contributed by atoms with Crippen molar-refractivity contribution in [2.75, 3.05) is 25.5 Å². The molecule has 0 bridgehead atoms. The maximum absolute atomic E-state index is 5.69. The highest BCUT2D eigenvalue weighted by molar-refractivity contribution is 5.61. The lowest BCUT2D eigenvalue weighted by atomic mass is 9.51. The fourth-order valence-corrected chi connectivity index (χ4v) is 5.53. The van der Waals surface area contributed by atoms with E-state index in [2.05, 4.69) is 20.6 Å². The third kappa shape index (κ3) is 3.33. The molecule has 3 aromatic heterocycles. The van der Waals surface area contributed by atoms with Crippen molar-refractivity contribution in [2.24, 2.45) is 5.41 Å². The molecule has 8 nitrogen and oxygen atoms in total. The van der Waals surface area contributed by atoms with E-state index in [4.69, 9.17) is 14.8 Å². The van der Waals surface area contributed by atoms with Crippen LogP contribution in [0, 0.1) is 5.41 Å². The molecule has 3 aliphatic rings. The van der Waals surface area contributed by atoms with Crippen LogP contribution in [0.5, 0.6) is 5.75 Å². The summed E-state index contributed by atoms with van der Waals surface area (Å²) in [5, 5.41) is 11.9. The average Bonchev–Trinajstić information content (AvgIpc) is 3.15.